The normalized spacial score (nSPS) is 12.2. The number of hydrogen-bond donors (Lipinski definition) is 2. The molecule has 0 heterocycles. The van der Waals surface area contributed by atoms with E-state index in [2.05, 4.69) is 10.0 Å². The Bertz CT molecular complexity index is 1240. The lowest BCUT2D eigenvalue weighted by Gasteiger charge is -2.21. The molecular weight excluding hydrogens is 452 g/mol. The van der Waals surface area contributed by atoms with Crippen molar-refractivity contribution in [3.63, 3.8) is 0 Å². The molecule has 7 nitrogen and oxygen atoms in total. The van der Waals surface area contributed by atoms with Crippen LogP contribution in [0.2, 0.25) is 0 Å². The fraction of sp³-hybridized carbons (Fsp3) is 0.231. The minimum absolute atomic E-state index is 0.0480. The molecule has 0 aliphatic carbocycles. The van der Waals surface area contributed by atoms with Crippen LogP contribution in [0, 0.1) is 12.8 Å². The van der Waals surface area contributed by atoms with Gasteiger partial charge < -0.3 is 10.1 Å². The van der Waals surface area contributed by atoms with Gasteiger partial charge in [0.25, 0.3) is 5.91 Å². The lowest BCUT2D eigenvalue weighted by atomic mass is 10.0. The highest BCUT2D eigenvalue weighted by Crippen LogP contribution is 2.27. The summed E-state index contributed by atoms with van der Waals surface area (Å²) in [5, 5.41) is 2.76. The maximum Gasteiger partial charge on any atom is 0.324 e. The summed E-state index contributed by atoms with van der Waals surface area (Å²) in [7, 11) is -3.94. The number of sulfonamides is 1. The molecule has 34 heavy (non-hydrogen) atoms. The molecule has 1 amide bonds. The second kappa shape index (κ2) is 11.1. The van der Waals surface area contributed by atoms with Crippen molar-refractivity contribution in [1.29, 1.82) is 0 Å². The van der Waals surface area contributed by atoms with Gasteiger partial charge in [0.2, 0.25) is 10.0 Å². The Labute approximate surface area is 200 Å². The Morgan fingerprint density at radius 2 is 1.50 bits per heavy atom. The number of para-hydroxylation sites is 1. The molecule has 0 aliphatic heterocycles. The zero-order valence-electron chi connectivity index (χ0n) is 19.3. The van der Waals surface area contributed by atoms with E-state index in [0.717, 1.165) is 16.7 Å². The molecule has 0 unspecified atom stereocenters. The number of nitrogens with one attached hydrogen (secondary N) is 2. The number of amides is 1. The molecule has 1 atom stereocenters. The number of hydrogen-bond acceptors (Lipinski definition) is 5. The van der Waals surface area contributed by atoms with Crippen LogP contribution in [0.3, 0.4) is 0 Å². The molecule has 3 aromatic rings. The molecule has 0 aromatic heterocycles. The number of carbonyl (C=O) groups excluding carboxylic acids is 2. The maximum absolute atomic E-state index is 12.7. The summed E-state index contributed by atoms with van der Waals surface area (Å²) in [5.41, 5.74) is 3.25. The topological polar surface area (TPSA) is 102 Å². The summed E-state index contributed by atoms with van der Waals surface area (Å²) in [5.74, 6) is -1.74. The Morgan fingerprint density at radius 1 is 0.882 bits per heavy atom. The zero-order chi connectivity index (χ0) is 24.7. The van der Waals surface area contributed by atoms with Crippen LogP contribution in [-0.2, 0) is 24.3 Å². The highest BCUT2D eigenvalue weighted by molar-refractivity contribution is 7.89. The molecule has 0 fully saturated rings. The van der Waals surface area contributed by atoms with E-state index in [4.69, 9.17) is 4.74 Å². The molecule has 3 aromatic carbocycles. The third-order valence-corrected chi connectivity index (χ3v) is 6.62. The average molecular weight is 481 g/mol. The summed E-state index contributed by atoms with van der Waals surface area (Å²) in [6.07, 6.45) is 0. The standard InChI is InChI=1S/C26H28N2O5S/c1-18(2)25(28-34(31,32)21-15-13-19(3)14-16-21)26(30)33-17-24(29)27-23-12-8-7-11-22(23)20-9-5-4-6-10-20/h4-16,18,25,28H,17H2,1-3H3,(H,27,29)/t25-/m0/s1. The lowest BCUT2D eigenvalue weighted by Crippen LogP contribution is -2.45. The molecule has 0 spiro atoms. The van der Waals surface area contributed by atoms with Gasteiger partial charge in [-0.05, 0) is 36.6 Å². The van der Waals surface area contributed by atoms with Crippen LogP contribution >= 0.6 is 0 Å². The molecule has 0 saturated heterocycles. The van der Waals surface area contributed by atoms with Crippen LogP contribution in [0.5, 0.6) is 0 Å². The first-order valence-electron chi connectivity index (χ1n) is 10.9. The fourth-order valence-electron chi connectivity index (χ4n) is 3.28. The molecule has 0 bridgehead atoms. The van der Waals surface area contributed by atoms with Gasteiger partial charge in [0.1, 0.15) is 6.04 Å². The number of rotatable bonds is 9. The van der Waals surface area contributed by atoms with Crippen molar-refractivity contribution in [1.82, 2.24) is 4.72 Å². The highest BCUT2D eigenvalue weighted by atomic mass is 32.2. The van der Waals surface area contributed by atoms with Gasteiger partial charge in [-0.3, -0.25) is 9.59 Å². The van der Waals surface area contributed by atoms with Crippen LogP contribution in [0.1, 0.15) is 19.4 Å². The van der Waals surface area contributed by atoms with Crippen LogP contribution in [-0.4, -0.2) is 32.9 Å². The van der Waals surface area contributed by atoms with E-state index in [-0.39, 0.29) is 4.90 Å². The molecular formula is C26H28N2O5S. The second-order valence-electron chi connectivity index (χ2n) is 8.22. The second-order valence-corrected chi connectivity index (χ2v) is 9.94. The lowest BCUT2D eigenvalue weighted by molar-refractivity contribution is -0.150. The predicted molar refractivity (Wildman–Crippen MR) is 132 cm³/mol. The summed E-state index contributed by atoms with van der Waals surface area (Å²) < 4.78 is 33.0. The van der Waals surface area contributed by atoms with E-state index in [1.807, 2.05) is 49.4 Å². The molecule has 2 N–H and O–H groups in total. The van der Waals surface area contributed by atoms with Gasteiger partial charge in [-0.15, -0.1) is 0 Å². The van der Waals surface area contributed by atoms with E-state index < -0.39 is 40.5 Å². The number of anilines is 1. The molecule has 3 rings (SSSR count). The van der Waals surface area contributed by atoms with E-state index in [1.54, 1.807) is 38.1 Å². The van der Waals surface area contributed by atoms with E-state index in [9.17, 15) is 18.0 Å². The number of benzene rings is 3. The van der Waals surface area contributed by atoms with Crippen LogP contribution in [0.4, 0.5) is 5.69 Å². The Morgan fingerprint density at radius 3 is 2.15 bits per heavy atom. The number of ether oxygens (including phenoxy) is 1. The van der Waals surface area contributed by atoms with Crippen molar-refractivity contribution in [2.24, 2.45) is 5.92 Å². The molecule has 0 aliphatic rings. The van der Waals surface area contributed by atoms with Crippen molar-refractivity contribution in [2.45, 2.75) is 31.7 Å². The van der Waals surface area contributed by atoms with E-state index in [0.29, 0.717) is 5.69 Å². The summed E-state index contributed by atoms with van der Waals surface area (Å²) in [4.78, 5) is 25.2. The van der Waals surface area contributed by atoms with Crippen LogP contribution < -0.4 is 10.0 Å². The van der Waals surface area contributed by atoms with Crippen LogP contribution in [0.25, 0.3) is 11.1 Å². The highest BCUT2D eigenvalue weighted by Gasteiger charge is 2.30. The molecule has 0 radical (unpaired) electrons. The largest absolute Gasteiger partial charge is 0.454 e. The van der Waals surface area contributed by atoms with Gasteiger partial charge in [-0.25, -0.2) is 8.42 Å². The molecule has 0 saturated carbocycles. The Hall–Kier alpha value is -3.49. The van der Waals surface area contributed by atoms with Crippen LogP contribution in [0.15, 0.2) is 83.8 Å². The van der Waals surface area contributed by atoms with Gasteiger partial charge in [0.15, 0.2) is 6.61 Å². The quantitative estimate of drug-likeness (QED) is 0.448. The van der Waals surface area contributed by atoms with Crippen molar-refractivity contribution in [3.05, 3.63) is 84.4 Å². The monoisotopic (exact) mass is 480 g/mol. The summed E-state index contributed by atoms with van der Waals surface area (Å²) >= 11 is 0. The van der Waals surface area contributed by atoms with Crippen molar-refractivity contribution < 1.29 is 22.7 Å². The number of esters is 1. The maximum atomic E-state index is 12.7. The third kappa shape index (κ3) is 6.52. The Kier molecular flexibility index (Phi) is 8.20. The predicted octanol–water partition coefficient (Wildman–Crippen LogP) is 4.15. The fourth-order valence-corrected chi connectivity index (χ4v) is 4.62. The van der Waals surface area contributed by atoms with E-state index >= 15 is 0 Å². The zero-order valence-corrected chi connectivity index (χ0v) is 20.1. The molecule has 8 heteroatoms. The molecule has 178 valence electrons. The van der Waals surface area contributed by atoms with Gasteiger partial charge in [-0.1, -0.05) is 80.1 Å². The minimum atomic E-state index is -3.94. The smallest absolute Gasteiger partial charge is 0.324 e. The number of aryl methyl sites for hydroxylation is 1. The van der Waals surface area contributed by atoms with E-state index in [1.165, 1.54) is 12.1 Å². The Balaban J connectivity index is 1.65. The van der Waals surface area contributed by atoms with Gasteiger partial charge >= 0.3 is 5.97 Å². The SMILES string of the molecule is Cc1ccc(S(=O)(=O)N[C@H](C(=O)OCC(=O)Nc2ccccc2-c2ccccc2)C(C)C)cc1. The van der Waals surface area contributed by atoms with Crippen molar-refractivity contribution in [2.75, 3.05) is 11.9 Å². The van der Waals surface area contributed by atoms with Crippen molar-refractivity contribution >= 4 is 27.6 Å². The van der Waals surface area contributed by atoms with Crippen molar-refractivity contribution in [3.8, 4) is 11.1 Å². The third-order valence-electron chi connectivity index (χ3n) is 5.17. The first kappa shape index (κ1) is 25.1. The first-order valence-corrected chi connectivity index (χ1v) is 12.4. The van der Waals surface area contributed by atoms with Gasteiger partial charge in [0, 0.05) is 11.3 Å². The van der Waals surface area contributed by atoms with Gasteiger partial charge in [0.05, 0.1) is 4.90 Å². The summed E-state index contributed by atoms with van der Waals surface area (Å²) in [6.45, 7) is 4.69. The first-order chi connectivity index (χ1) is 16.2. The summed E-state index contributed by atoms with van der Waals surface area (Å²) in [6, 6.07) is 22.0. The van der Waals surface area contributed by atoms with Gasteiger partial charge in [-0.2, -0.15) is 4.72 Å². The average Bonchev–Trinajstić information content (AvgIpc) is 2.82. The number of carbonyl (C=O) groups is 2. The minimum Gasteiger partial charge on any atom is -0.454 e.